The van der Waals surface area contributed by atoms with Crippen LogP contribution in [-0.4, -0.2) is 66.3 Å². The van der Waals surface area contributed by atoms with E-state index in [1.807, 2.05) is 37.3 Å². The molecule has 1 aliphatic carbocycles. The molecule has 0 bridgehead atoms. The number of carbonyl (C=O) groups is 2. The number of sulfonamides is 1. The molecular weight excluding hydrogens is 538 g/mol. The van der Waals surface area contributed by atoms with E-state index >= 15 is 0 Å². The summed E-state index contributed by atoms with van der Waals surface area (Å²) >= 11 is 5.97. The van der Waals surface area contributed by atoms with Gasteiger partial charge >= 0.3 is 0 Å². The monoisotopic (exact) mass is 575 g/mol. The van der Waals surface area contributed by atoms with E-state index in [1.54, 1.807) is 4.90 Å². The standard InChI is InChI=1S/C29H38ClN3O5S/c1-2-3-9-27(34)25(18-21-10-11-21)28(35)31-26-20-33(39(37,38)24-14-12-23(30)13-15-24)17-16-32(29(26)36)19-22-7-5-4-6-8-22/h4-8,12-15,21,25-27,34H,2-3,9-11,16-20H2,1H3,(H,31,35)/t25-,26?,27+/m1/s1. The third-order valence-electron chi connectivity index (χ3n) is 7.54. The second-order valence-electron chi connectivity index (χ2n) is 10.6. The first-order chi connectivity index (χ1) is 18.7. The van der Waals surface area contributed by atoms with Crippen molar-refractivity contribution in [3.05, 3.63) is 65.2 Å². The van der Waals surface area contributed by atoms with E-state index in [4.69, 9.17) is 11.6 Å². The molecule has 2 aliphatic rings. The molecule has 1 saturated heterocycles. The molecule has 2 aromatic rings. The van der Waals surface area contributed by atoms with Crippen LogP contribution in [0.3, 0.4) is 0 Å². The Morgan fingerprint density at radius 3 is 2.44 bits per heavy atom. The number of nitrogens with zero attached hydrogens (tertiary/aromatic N) is 2. The number of nitrogens with one attached hydrogen (secondary N) is 1. The van der Waals surface area contributed by atoms with Gasteiger partial charge in [-0.1, -0.05) is 74.5 Å². The number of amides is 2. The van der Waals surface area contributed by atoms with Crippen LogP contribution in [0.15, 0.2) is 59.5 Å². The number of halogens is 1. The smallest absolute Gasteiger partial charge is 0.246 e. The minimum Gasteiger partial charge on any atom is -0.392 e. The normalized spacial score (nSPS) is 20.3. The van der Waals surface area contributed by atoms with Crippen molar-refractivity contribution < 1.29 is 23.1 Å². The van der Waals surface area contributed by atoms with E-state index in [2.05, 4.69) is 5.32 Å². The summed E-state index contributed by atoms with van der Waals surface area (Å²) in [5.41, 5.74) is 0.909. The van der Waals surface area contributed by atoms with Crippen molar-refractivity contribution in [1.82, 2.24) is 14.5 Å². The Labute approximate surface area is 236 Å². The molecule has 2 fully saturated rings. The van der Waals surface area contributed by atoms with Crippen molar-refractivity contribution in [2.24, 2.45) is 11.8 Å². The molecular formula is C29H38ClN3O5S. The van der Waals surface area contributed by atoms with Gasteiger partial charge < -0.3 is 15.3 Å². The quantitative estimate of drug-likeness (QED) is 0.400. The molecule has 3 atom stereocenters. The zero-order valence-corrected chi connectivity index (χ0v) is 23.9. The van der Waals surface area contributed by atoms with E-state index in [1.165, 1.54) is 28.6 Å². The van der Waals surface area contributed by atoms with Crippen molar-refractivity contribution in [2.75, 3.05) is 19.6 Å². The zero-order chi connectivity index (χ0) is 28.0. The van der Waals surface area contributed by atoms with Crippen LogP contribution in [0.4, 0.5) is 0 Å². The molecule has 1 aliphatic heterocycles. The molecule has 2 N–H and O–H groups in total. The van der Waals surface area contributed by atoms with Gasteiger partial charge in [0.15, 0.2) is 0 Å². The minimum atomic E-state index is -3.95. The maximum absolute atomic E-state index is 13.7. The Kier molecular flexibility index (Phi) is 10.0. The molecule has 10 heteroatoms. The molecule has 1 unspecified atom stereocenters. The first kappa shape index (κ1) is 29.5. The predicted molar refractivity (Wildman–Crippen MR) is 150 cm³/mol. The van der Waals surface area contributed by atoms with Crippen LogP contribution >= 0.6 is 11.6 Å². The number of rotatable bonds is 12. The van der Waals surface area contributed by atoms with Crippen LogP contribution in [0.25, 0.3) is 0 Å². The average Bonchev–Trinajstić information content (AvgIpc) is 3.76. The summed E-state index contributed by atoms with van der Waals surface area (Å²) in [6, 6.07) is 14.3. The highest BCUT2D eigenvalue weighted by molar-refractivity contribution is 7.89. The maximum Gasteiger partial charge on any atom is 0.246 e. The fraction of sp³-hybridized carbons (Fsp3) is 0.517. The van der Waals surface area contributed by atoms with Crippen molar-refractivity contribution in [2.45, 2.75) is 69.0 Å². The Balaban J connectivity index is 1.59. The second kappa shape index (κ2) is 13.3. The van der Waals surface area contributed by atoms with Gasteiger partial charge in [0.1, 0.15) is 6.04 Å². The summed E-state index contributed by atoms with van der Waals surface area (Å²) in [6.07, 6.45) is 4.04. The number of aliphatic hydroxyl groups excluding tert-OH is 1. The third-order valence-corrected chi connectivity index (χ3v) is 9.67. The fourth-order valence-electron chi connectivity index (χ4n) is 5.02. The molecule has 4 rings (SSSR count). The summed E-state index contributed by atoms with van der Waals surface area (Å²) in [4.78, 5) is 29.0. The van der Waals surface area contributed by atoms with E-state index in [0.29, 0.717) is 30.3 Å². The highest BCUT2D eigenvalue weighted by Gasteiger charge is 2.39. The number of benzene rings is 2. The SMILES string of the molecule is CCCC[C@H](O)[C@@H](CC1CC1)C(=O)NC1CN(S(=O)(=O)c2ccc(Cl)cc2)CCN(Cc2ccccc2)C1=O. The Bertz CT molecular complexity index is 1220. The molecule has 2 aromatic carbocycles. The summed E-state index contributed by atoms with van der Waals surface area (Å²) in [5, 5.41) is 14.1. The van der Waals surface area contributed by atoms with Gasteiger partial charge in [-0.25, -0.2) is 8.42 Å². The van der Waals surface area contributed by atoms with Gasteiger partial charge in [0, 0.05) is 31.2 Å². The van der Waals surface area contributed by atoms with Crippen molar-refractivity contribution in [3.8, 4) is 0 Å². The minimum absolute atomic E-state index is 0.0718. The lowest BCUT2D eigenvalue weighted by molar-refractivity contribution is -0.138. The first-order valence-corrected chi connectivity index (χ1v) is 15.6. The van der Waals surface area contributed by atoms with Crippen molar-refractivity contribution >= 4 is 33.4 Å². The number of hydrogen-bond donors (Lipinski definition) is 2. The molecule has 39 heavy (non-hydrogen) atoms. The number of hydrogen-bond acceptors (Lipinski definition) is 5. The molecule has 1 heterocycles. The molecule has 8 nitrogen and oxygen atoms in total. The van der Waals surface area contributed by atoms with Gasteiger partial charge in [-0.2, -0.15) is 4.31 Å². The summed E-state index contributed by atoms with van der Waals surface area (Å²) in [7, 11) is -3.95. The highest BCUT2D eigenvalue weighted by atomic mass is 35.5. The van der Waals surface area contributed by atoms with Crippen molar-refractivity contribution in [3.63, 3.8) is 0 Å². The zero-order valence-electron chi connectivity index (χ0n) is 22.3. The maximum atomic E-state index is 13.7. The molecule has 2 amide bonds. The fourth-order valence-corrected chi connectivity index (χ4v) is 6.59. The summed E-state index contributed by atoms with van der Waals surface area (Å²) in [5.74, 6) is -0.967. The number of aliphatic hydroxyl groups is 1. The van der Waals surface area contributed by atoms with E-state index in [9.17, 15) is 23.1 Å². The van der Waals surface area contributed by atoms with E-state index < -0.39 is 34.0 Å². The summed E-state index contributed by atoms with van der Waals surface area (Å²) < 4.78 is 28.4. The Hall–Kier alpha value is -2.46. The average molecular weight is 576 g/mol. The topological polar surface area (TPSA) is 107 Å². The highest BCUT2D eigenvalue weighted by Crippen LogP contribution is 2.37. The molecule has 0 aromatic heterocycles. The first-order valence-electron chi connectivity index (χ1n) is 13.8. The van der Waals surface area contributed by atoms with E-state index in [-0.39, 0.29) is 30.4 Å². The number of unbranched alkanes of at least 4 members (excludes halogenated alkanes) is 1. The molecule has 0 radical (unpaired) electrons. The van der Waals surface area contributed by atoms with Crippen LogP contribution in [0, 0.1) is 11.8 Å². The molecule has 1 saturated carbocycles. The lowest BCUT2D eigenvalue weighted by Crippen LogP contribution is -2.53. The Morgan fingerprint density at radius 2 is 1.79 bits per heavy atom. The predicted octanol–water partition coefficient (Wildman–Crippen LogP) is 3.83. The van der Waals surface area contributed by atoms with Crippen molar-refractivity contribution in [1.29, 1.82) is 0 Å². The van der Waals surface area contributed by atoms with Gasteiger partial charge in [-0.3, -0.25) is 9.59 Å². The Morgan fingerprint density at radius 1 is 1.10 bits per heavy atom. The van der Waals surface area contributed by atoms with Crippen LogP contribution in [-0.2, 0) is 26.2 Å². The molecule has 0 spiro atoms. The van der Waals surface area contributed by atoms with Crippen LogP contribution in [0.1, 0.15) is 51.0 Å². The van der Waals surface area contributed by atoms with Gasteiger partial charge in [-0.05, 0) is 48.6 Å². The lowest BCUT2D eigenvalue weighted by atomic mass is 9.91. The van der Waals surface area contributed by atoms with Crippen LogP contribution < -0.4 is 5.32 Å². The van der Waals surface area contributed by atoms with Crippen LogP contribution in [0.5, 0.6) is 0 Å². The lowest BCUT2D eigenvalue weighted by Gasteiger charge is -2.28. The van der Waals surface area contributed by atoms with Gasteiger partial charge in [-0.15, -0.1) is 0 Å². The third kappa shape index (κ3) is 7.81. The van der Waals surface area contributed by atoms with Gasteiger partial charge in [0.2, 0.25) is 21.8 Å². The number of carbonyl (C=O) groups excluding carboxylic acids is 2. The van der Waals surface area contributed by atoms with Gasteiger partial charge in [0.25, 0.3) is 0 Å². The summed E-state index contributed by atoms with van der Waals surface area (Å²) in [6.45, 7) is 2.40. The van der Waals surface area contributed by atoms with E-state index in [0.717, 1.165) is 31.2 Å². The van der Waals surface area contributed by atoms with Crippen LogP contribution in [0.2, 0.25) is 5.02 Å². The second-order valence-corrected chi connectivity index (χ2v) is 13.0. The van der Waals surface area contributed by atoms with Gasteiger partial charge in [0.05, 0.1) is 16.9 Å². The molecule has 212 valence electrons. The largest absolute Gasteiger partial charge is 0.392 e.